The zero-order valence-corrected chi connectivity index (χ0v) is 14.1. The average molecular weight is 315 g/mol. The maximum atomic E-state index is 12.2. The molecule has 0 aliphatic rings. The topological polar surface area (TPSA) is 94.2 Å². The molecule has 1 heterocycles. The number of sulfonamides is 1. The third kappa shape index (κ3) is 4.57. The molecule has 0 atom stereocenters. The first-order valence-electron chi connectivity index (χ1n) is 7.01. The number of aromatic nitrogens is 1. The lowest BCUT2D eigenvalue weighted by molar-refractivity contribution is 0.0929. The van der Waals surface area contributed by atoms with Gasteiger partial charge in [-0.3, -0.25) is 4.79 Å². The van der Waals surface area contributed by atoms with Crippen LogP contribution in [0.4, 0.5) is 0 Å². The zero-order valence-electron chi connectivity index (χ0n) is 13.3. The maximum Gasteiger partial charge on any atom is 0.267 e. The molecule has 0 spiro atoms. The number of nitrogens with zero attached hydrogens (tertiary/aromatic N) is 1. The van der Waals surface area contributed by atoms with Crippen molar-refractivity contribution in [3.05, 3.63) is 18.0 Å². The van der Waals surface area contributed by atoms with Crippen molar-refractivity contribution in [3.63, 3.8) is 0 Å². The summed E-state index contributed by atoms with van der Waals surface area (Å²) < 4.78 is 24.1. The highest BCUT2D eigenvalue weighted by Crippen LogP contribution is 2.19. The van der Waals surface area contributed by atoms with Crippen LogP contribution >= 0.6 is 0 Å². The summed E-state index contributed by atoms with van der Waals surface area (Å²) in [5, 5.41) is 7.94. The Morgan fingerprint density at radius 1 is 1.29 bits per heavy atom. The predicted molar refractivity (Wildman–Crippen MR) is 82.3 cm³/mol. The van der Waals surface area contributed by atoms with Gasteiger partial charge in [0.05, 0.1) is 0 Å². The smallest absolute Gasteiger partial charge is 0.267 e. The Morgan fingerprint density at radius 2 is 1.81 bits per heavy atom. The van der Waals surface area contributed by atoms with E-state index in [-0.39, 0.29) is 16.5 Å². The summed E-state index contributed by atoms with van der Waals surface area (Å²) in [4.78, 5) is 12.1. The largest absolute Gasteiger partial charge is 0.350 e. The molecule has 0 aliphatic carbocycles. The van der Waals surface area contributed by atoms with Crippen molar-refractivity contribution in [1.29, 1.82) is 0 Å². The van der Waals surface area contributed by atoms with E-state index in [0.717, 1.165) is 0 Å². The van der Waals surface area contributed by atoms with Gasteiger partial charge in [-0.15, -0.1) is 0 Å². The summed E-state index contributed by atoms with van der Waals surface area (Å²) in [6.45, 7) is 9.05. The quantitative estimate of drug-likeness (QED) is 0.829. The average Bonchev–Trinajstić information content (AvgIpc) is 2.70. The number of rotatable bonds is 6. The SMILES string of the molecule is CC(C)C(CNC(=O)c1cc(S(N)(=O)=O)cn1C)C(C)C. The van der Waals surface area contributed by atoms with Crippen LogP contribution in [0.5, 0.6) is 0 Å². The van der Waals surface area contributed by atoms with Crippen molar-refractivity contribution < 1.29 is 13.2 Å². The summed E-state index contributed by atoms with van der Waals surface area (Å²) in [5.74, 6) is 0.989. The second-order valence-electron chi connectivity index (χ2n) is 6.08. The molecule has 0 aromatic carbocycles. The van der Waals surface area contributed by atoms with Crippen LogP contribution in [0.1, 0.15) is 38.2 Å². The van der Waals surface area contributed by atoms with Gasteiger partial charge in [0.2, 0.25) is 10.0 Å². The molecule has 1 amide bonds. The van der Waals surface area contributed by atoms with Gasteiger partial charge in [-0.05, 0) is 23.8 Å². The van der Waals surface area contributed by atoms with Gasteiger partial charge in [0.1, 0.15) is 10.6 Å². The van der Waals surface area contributed by atoms with E-state index in [1.165, 1.54) is 16.8 Å². The second-order valence-corrected chi connectivity index (χ2v) is 7.64. The van der Waals surface area contributed by atoms with E-state index in [1.54, 1.807) is 7.05 Å². The molecule has 0 bridgehead atoms. The van der Waals surface area contributed by atoms with E-state index < -0.39 is 10.0 Å². The van der Waals surface area contributed by atoms with Gasteiger partial charge in [-0.1, -0.05) is 27.7 Å². The predicted octanol–water partition coefficient (Wildman–Crippen LogP) is 1.33. The standard InChI is InChI=1S/C14H25N3O3S/c1-9(2)12(10(3)4)7-16-14(18)13-6-11(8-17(13)5)21(15,19)20/h6,8-10,12H,7H2,1-5H3,(H,16,18)(H2,15,19,20). The number of nitrogens with one attached hydrogen (secondary N) is 1. The number of amides is 1. The third-order valence-corrected chi connectivity index (χ3v) is 4.63. The fourth-order valence-electron chi connectivity index (χ4n) is 2.46. The highest BCUT2D eigenvalue weighted by atomic mass is 32.2. The number of aryl methyl sites for hydroxylation is 1. The molecule has 0 radical (unpaired) electrons. The third-order valence-electron chi connectivity index (χ3n) is 3.75. The Morgan fingerprint density at radius 3 is 2.19 bits per heavy atom. The van der Waals surface area contributed by atoms with Gasteiger partial charge in [0.25, 0.3) is 5.91 Å². The van der Waals surface area contributed by atoms with Crippen LogP contribution in [0, 0.1) is 17.8 Å². The van der Waals surface area contributed by atoms with Gasteiger partial charge in [-0.2, -0.15) is 0 Å². The molecule has 3 N–H and O–H groups in total. The second kappa shape index (κ2) is 6.62. The Balaban J connectivity index is 2.84. The Hall–Kier alpha value is -1.34. The number of carbonyl (C=O) groups excluding carboxylic acids is 1. The summed E-state index contributed by atoms with van der Waals surface area (Å²) in [7, 11) is -2.18. The Labute approximate surface area is 126 Å². The number of hydrogen-bond donors (Lipinski definition) is 2. The van der Waals surface area contributed by atoms with Crippen molar-refractivity contribution in [1.82, 2.24) is 9.88 Å². The van der Waals surface area contributed by atoms with Crippen LogP contribution in [0.2, 0.25) is 0 Å². The van der Waals surface area contributed by atoms with E-state index in [9.17, 15) is 13.2 Å². The van der Waals surface area contributed by atoms with E-state index in [0.29, 0.717) is 24.3 Å². The summed E-state index contributed by atoms with van der Waals surface area (Å²) in [6, 6.07) is 1.30. The molecule has 0 saturated heterocycles. The monoisotopic (exact) mass is 315 g/mol. The lowest BCUT2D eigenvalue weighted by Gasteiger charge is -2.25. The van der Waals surface area contributed by atoms with Crippen LogP contribution in [0.25, 0.3) is 0 Å². The van der Waals surface area contributed by atoms with Crippen molar-refractivity contribution in [3.8, 4) is 0 Å². The minimum atomic E-state index is -3.80. The number of primary sulfonamides is 1. The molecule has 6 nitrogen and oxygen atoms in total. The molecule has 0 fully saturated rings. The van der Waals surface area contributed by atoms with E-state index in [1.807, 2.05) is 0 Å². The van der Waals surface area contributed by atoms with Gasteiger partial charge >= 0.3 is 0 Å². The fourth-order valence-corrected chi connectivity index (χ4v) is 3.04. The molecule has 1 aromatic heterocycles. The molecular formula is C14H25N3O3S. The summed E-state index contributed by atoms with van der Waals surface area (Å²) in [5.41, 5.74) is 0.283. The summed E-state index contributed by atoms with van der Waals surface area (Å²) in [6.07, 6.45) is 1.34. The van der Waals surface area contributed by atoms with Gasteiger partial charge in [0, 0.05) is 19.8 Å². The van der Waals surface area contributed by atoms with E-state index in [2.05, 4.69) is 33.0 Å². The van der Waals surface area contributed by atoms with Gasteiger partial charge < -0.3 is 9.88 Å². The fraction of sp³-hybridized carbons (Fsp3) is 0.643. The lowest BCUT2D eigenvalue weighted by atomic mass is 9.85. The Kier molecular flexibility index (Phi) is 5.58. The molecule has 120 valence electrons. The zero-order chi connectivity index (χ0) is 16.4. The first-order chi connectivity index (χ1) is 9.54. The molecular weight excluding hydrogens is 290 g/mol. The molecule has 0 saturated carbocycles. The van der Waals surface area contributed by atoms with Crippen LogP contribution in [0.15, 0.2) is 17.2 Å². The minimum Gasteiger partial charge on any atom is -0.350 e. The highest BCUT2D eigenvalue weighted by Gasteiger charge is 2.21. The summed E-state index contributed by atoms with van der Waals surface area (Å²) >= 11 is 0. The van der Waals surface area contributed by atoms with E-state index in [4.69, 9.17) is 5.14 Å². The van der Waals surface area contributed by atoms with Crippen molar-refractivity contribution >= 4 is 15.9 Å². The van der Waals surface area contributed by atoms with Crippen molar-refractivity contribution in [2.75, 3.05) is 6.54 Å². The minimum absolute atomic E-state index is 0.0561. The number of carbonyl (C=O) groups is 1. The van der Waals surface area contributed by atoms with Crippen molar-refractivity contribution in [2.24, 2.45) is 29.9 Å². The molecule has 7 heteroatoms. The van der Waals surface area contributed by atoms with Crippen LogP contribution in [-0.4, -0.2) is 25.4 Å². The van der Waals surface area contributed by atoms with Gasteiger partial charge in [0.15, 0.2) is 0 Å². The molecule has 0 aliphatic heterocycles. The molecule has 21 heavy (non-hydrogen) atoms. The number of hydrogen-bond acceptors (Lipinski definition) is 3. The first kappa shape index (κ1) is 17.7. The Bertz CT molecular complexity index is 595. The van der Waals surface area contributed by atoms with Crippen molar-refractivity contribution in [2.45, 2.75) is 32.6 Å². The lowest BCUT2D eigenvalue weighted by Crippen LogP contribution is -2.34. The molecule has 0 unspecified atom stereocenters. The first-order valence-corrected chi connectivity index (χ1v) is 8.56. The maximum absolute atomic E-state index is 12.2. The van der Waals surface area contributed by atoms with Gasteiger partial charge in [-0.25, -0.2) is 13.6 Å². The van der Waals surface area contributed by atoms with E-state index >= 15 is 0 Å². The highest BCUT2D eigenvalue weighted by molar-refractivity contribution is 7.89. The normalized spacial score (nSPS) is 12.4. The van der Waals surface area contributed by atoms with Crippen LogP contribution < -0.4 is 10.5 Å². The van der Waals surface area contributed by atoms with Crippen LogP contribution in [0.3, 0.4) is 0 Å². The molecule has 1 rings (SSSR count). The van der Waals surface area contributed by atoms with Crippen LogP contribution in [-0.2, 0) is 17.1 Å². The molecule has 1 aromatic rings. The number of nitrogens with two attached hydrogens (primary N) is 1.